The van der Waals surface area contributed by atoms with Crippen LogP contribution in [0.4, 0.5) is 34.1 Å². The highest BCUT2D eigenvalue weighted by Crippen LogP contribution is 2.41. The minimum Gasteiger partial charge on any atom is -0.324 e. The van der Waals surface area contributed by atoms with Crippen LogP contribution in [0.15, 0.2) is 133 Å². The third-order valence-corrected chi connectivity index (χ3v) is 10.1. The number of nitrogens with zero attached hydrogens (tertiary/aromatic N) is 2. The van der Waals surface area contributed by atoms with Crippen LogP contribution >= 0.6 is 7.60 Å². The van der Waals surface area contributed by atoms with E-state index >= 15 is 0 Å². The van der Waals surface area contributed by atoms with Crippen LogP contribution in [0.5, 0.6) is 0 Å². The lowest BCUT2D eigenvalue weighted by Gasteiger charge is -2.28. The van der Waals surface area contributed by atoms with Crippen molar-refractivity contribution in [3.63, 3.8) is 0 Å². The maximum absolute atomic E-state index is 11.3. The Labute approximate surface area is 296 Å². The van der Waals surface area contributed by atoms with E-state index in [0.717, 1.165) is 56.4 Å². The summed E-state index contributed by atoms with van der Waals surface area (Å²) in [6, 6.07) is 47.6. The van der Waals surface area contributed by atoms with Crippen LogP contribution in [0.3, 0.4) is 0 Å². The van der Waals surface area contributed by atoms with Gasteiger partial charge in [-0.2, -0.15) is 0 Å². The van der Waals surface area contributed by atoms with E-state index in [1.807, 2.05) is 0 Å². The number of aryl methyl sites for hydroxylation is 6. The molecule has 0 aliphatic rings. The normalized spacial score (nSPS) is 11.4. The first-order valence-corrected chi connectivity index (χ1v) is 18.9. The summed E-state index contributed by atoms with van der Waals surface area (Å²) in [5, 5.41) is 0. The zero-order valence-electron chi connectivity index (χ0n) is 29.5. The summed E-state index contributed by atoms with van der Waals surface area (Å²) in [5.74, 6) is 0. The molecule has 2 N–H and O–H groups in total. The van der Waals surface area contributed by atoms with Gasteiger partial charge in [-0.15, -0.1) is 0 Å². The van der Waals surface area contributed by atoms with Gasteiger partial charge < -0.3 is 19.6 Å². The highest BCUT2D eigenvalue weighted by atomic mass is 31.2. The maximum atomic E-state index is 11.3. The fourth-order valence-electron chi connectivity index (χ4n) is 6.41. The van der Waals surface area contributed by atoms with E-state index in [1.54, 1.807) is 0 Å². The average molecular weight is 681 g/mol. The highest BCUT2D eigenvalue weighted by molar-refractivity contribution is 7.51. The first kappa shape index (κ1) is 34.9. The van der Waals surface area contributed by atoms with E-state index in [1.165, 1.54) is 22.3 Å². The highest BCUT2D eigenvalue weighted by Gasteiger charge is 2.18. The lowest BCUT2D eigenvalue weighted by molar-refractivity contribution is 0.371. The molecule has 0 saturated heterocycles. The van der Waals surface area contributed by atoms with Crippen LogP contribution in [-0.2, 0) is 11.0 Å². The Morgan fingerprint density at radius 1 is 0.480 bits per heavy atom. The minimum atomic E-state index is -3.99. The summed E-state index contributed by atoms with van der Waals surface area (Å²) in [5.41, 5.74) is 15.9. The molecular formula is C44H45N2O3P. The van der Waals surface area contributed by atoms with Gasteiger partial charge in [0.25, 0.3) is 0 Å². The first-order chi connectivity index (χ1) is 23.9. The van der Waals surface area contributed by atoms with Crippen molar-refractivity contribution in [2.75, 3.05) is 16.0 Å². The molecule has 0 aromatic heterocycles. The Morgan fingerprint density at radius 3 is 1.14 bits per heavy atom. The van der Waals surface area contributed by atoms with Crippen molar-refractivity contribution >= 4 is 41.7 Å². The Hall–Kier alpha value is -4.93. The average Bonchev–Trinajstić information content (AvgIpc) is 3.09. The second-order valence-electron chi connectivity index (χ2n) is 13.3. The summed E-state index contributed by atoms with van der Waals surface area (Å²) >= 11 is 0. The molecule has 0 aliphatic heterocycles. The van der Waals surface area contributed by atoms with E-state index < -0.39 is 7.60 Å². The number of hydrogen-bond donors (Lipinski definition) is 2. The molecular weight excluding hydrogens is 635 g/mol. The van der Waals surface area contributed by atoms with Crippen molar-refractivity contribution in [2.45, 2.75) is 47.5 Å². The second-order valence-corrected chi connectivity index (χ2v) is 15.1. The van der Waals surface area contributed by atoms with E-state index in [2.05, 4.69) is 178 Å². The van der Waals surface area contributed by atoms with Gasteiger partial charge in [-0.1, -0.05) is 77.4 Å². The van der Waals surface area contributed by atoms with Crippen molar-refractivity contribution in [1.82, 2.24) is 0 Å². The van der Waals surface area contributed by atoms with Gasteiger partial charge in [0.2, 0.25) is 0 Å². The molecule has 0 radical (unpaired) electrons. The molecule has 0 fully saturated rings. The standard InChI is InChI=1S/C44H45N2O3P/c1-31-8-18-39(19-9-31)45(40-20-10-32(2)11-21-40)43-26-16-37(29-34(43)4)38-17-27-44(35(5)30-38)46(41-22-12-33(3)13-23-41)42-24-14-36(15-25-42)7-6-28-50(47,48)49/h8-27,29-30H,6-7,28H2,1-5H3,(H2,47,48,49). The molecule has 6 aromatic carbocycles. The molecule has 5 nitrogen and oxygen atoms in total. The van der Waals surface area contributed by atoms with Crippen LogP contribution in [0.25, 0.3) is 11.1 Å². The minimum absolute atomic E-state index is 0.101. The molecule has 0 atom stereocenters. The van der Waals surface area contributed by atoms with Gasteiger partial charge in [-0.05, 0) is 148 Å². The summed E-state index contributed by atoms with van der Waals surface area (Å²) in [6.45, 7) is 10.7. The van der Waals surface area contributed by atoms with Crippen molar-refractivity contribution in [3.05, 3.63) is 167 Å². The maximum Gasteiger partial charge on any atom is 0.325 e. The molecule has 0 unspecified atom stereocenters. The molecule has 6 rings (SSSR count). The molecule has 0 bridgehead atoms. The van der Waals surface area contributed by atoms with Crippen molar-refractivity contribution in [3.8, 4) is 11.1 Å². The fourth-order valence-corrected chi connectivity index (χ4v) is 6.98. The molecule has 6 heteroatoms. The van der Waals surface area contributed by atoms with E-state index in [0.29, 0.717) is 12.8 Å². The largest absolute Gasteiger partial charge is 0.325 e. The van der Waals surface area contributed by atoms with Gasteiger partial charge in [-0.3, -0.25) is 4.57 Å². The van der Waals surface area contributed by atoms with Crippen molar-refractivity contribution < 1.29 is 14.4 Å². The van der Waals surface area contributed by atoms with Gasteiger partial charge in [0.15, 0.2) is 0 Å². The zero-order valence-corrected chi connectivity index (χ0v) is 30.4. The Kier molecular flexibility index (Phi) is 10.4. The fraction of sp³-hybridized carbons (Fsp3) is 0.182. The monoisotopic (exact) mass is 680 g/mol. The molecule has 0 aliphatic carbocycles. The number of hydrogen-bond acceptors (Lipinski definition) is 3. The molecule has 0 saturated carbocycles. The lowest BCUT2D eigenvalue weighted by Crippen LogP contribution is -2.12. The number of rotatable bonds is 11. The molecule has 0 spiro atoms. The van der Waals surface area contributed by atoms with Gasteiger partial charge in [-0.25, -0.2) is 0 Å². The molecule has 6 aromatic rings. The lowest BCUT2D eigenvalue weighted by atomic mass is 9.98. The quantitative estimate of drug-likeness (QED) is 0.133. The third kappa shape index (κ3) is 8.26. The Bertz CT molecular complexity index is 2070. The van der Waals surface area contributed by atoms with Crippen LogP contribution in [0, 0.1) is 34.6 Å². The summed E-state index contributed by atoms with van der Waals surface area (Å²) in [7, 11) is -3.99. The molecule has 254 valence electrons. The van der Waals surface area contributed by atoms with Gasteiger partial charge >= 0.3 is 7.60 Å². The van der Waals surface area contributed by atoms with Crippen LogP contribution in [-0.4, -0.2) is 15.9 Å². The molecule has 0 amide bonds. The van der Waals surface area contributed by atoms with Crippen LogP contribution in [0.2, 0.25) is 0 Å². The van der Waals surface area contributed by atoms with E-state index in [-0.39, 0.29) is 6.16 Å². The predicted molar refractivity (Wildman–Crippen MR) is 210 cm³/mol. The van der Waals surface area contributed by atoms with Gasteiger partial charge in [0.05, 0.1) is 6.16 Å². The SMILES string of the molecule is Cc1ccc(N(c2ccc(C)cc2)c2ccc(-c3ccc(N(c4ccc(C)cc4)c4ccc(CCCP(=O)(O)O)cc4)c(C)c3)cc2C)cc1. The van der Waals surface area contributed by atoms with Crippen LogP contribution in [0.1, 0.15) is 39.8 Å². The van der Waals surface area contributed by atoms with Crippen molar-refractivity contribution in [2.24, 2.45) is 0 Å². The van der Waals surface area contributed by atoms with E-state index in [4.69, 9.17) is 0 Å². The van der Waals surface area contributed by atoms with E-state index in [9.17, 15) is 14.4 Å². The predicted octanol–water partition coefficient (Wildman–Crippen LogP) is 11.9. The number of benzene rings is 6. The summed E-state index contributed by atoms with van der Waals surface area (Å²) < 4.78 is 11.3. The second kappa shape index (κ2) is 14.9. The Morgan fingerprint density at radius 2 is 0.820 bits per heavy atom. The number of anilines is 6. The first-order valence-electron chi connectivity index (χ1n) is 17.1. The molecule has 0 heterocycles. The van der Waals surface area contributed by atoms with Gasteiger partial charge in [0, 0.05) is 34.1 Å². The Balaban J connectivity index is 1.32. The molecule has 50 heavy (non-hydrogen) atoms. The zero-order chi connectivity index (χ0) is 35.4. The van der Waals surface area contributed by atoms with Gasteiger partial charge in [0.1, 0.15) is 0 Å². The summed E-state index contributed by atoms with van der Waals surface area (Å²) in [4.78, 5) is 23.1. The van der Waals surface area contributed by atoms with Crippen molar-refractivity contribution in [1.29, 1.82) is 0 Å². The third-order valence-electron chi connectivity index (χ3n) is 9.19. The smallest absolute Gasteiger partial charge is 0.324 e. The van der Waals surface area contributed by atoms with Crippen LogP contribution < -0.4 is 9.80 Å². The summed E-state index contributed by atoms with van der Waals surface area (Å²) in [6.07, 6.45) is 0.966. The topological polar surface area (TPSA) is 64.0 Å².